The van der Waals surface area contributed by atoms with Crippen molar-refractivity contribution >= 4 is 11.7 Å². The van der Waals surface area contributed by atoms with Gasteiger partial charge in [0, 0.05) is 12.8 Å². The average molecular weight is 297 g/mol. The van der Waals surface area contributed by atoms with Gasteiger partial charge in [-0.15, -0.1) is 0 Å². The van der Waals surface area contributed by atoms with Gasteiger partial charge in [0.05, 0.1) is 38.6 Å². The number of nitrogens with two attached hydrogens (primary N) is 1. The molecule has 2 N–H and O–H groups in total. The number of carbonyl (C=O) groups is 1. The molecule has 0 amide bonds. The minimum absolute atomic E-state index is 0.185. The summed E-state index contributed by atoms with van der Waals surface area (Å²) in [6, 6.07) is 5.27. The van der Waals surface area contributed by atoms with Crippen LogP contribution in [0.15, 0.2) is 18.2 Å². The van der Waals surface area contributed by atoms with E-state index >= 15 is 0 Å². The number of para-hydroxylation sites is 1. The van der Waals surface area contributed by atoms with E-state index in [0.717, 1.165) is 5.56 Å². The van der Waals surface area contributed by atoms with Gasteiger partial charge in [-0.3, -0.25) is 0 Å². The molecule has 0 bridgehead atoms. The molecule has 0 aliphatic heterocycles. The summed E-state index contributed by atoms with van der Waals surface area (Å²) in [6.45, 7) is 4.40. The number of rotatable bonds is 10. The number of aryl methyl sites for hydroxylation is 1. The van der Waals surface area contributed by atoms with Gasteiger partial charge >= 0.3 is 5.97 Å². The first kappa shape index (κ1) is 17.4. The van der Waals surface area contributed by atoms with E-state index in [-0.39, 0.29) is 6.61 Å². The van der Waals surface area contributed by atoms with Crippen LogP contribution in [0.4, 0.5) is 5.69 Å². The molecule has 1 aromatic carbocycles. The summed E-state index contributed by atoms with van der Waals surface area (Å²) in [6.07, 6.45) is 0. The minimum atomic E-state index is -0.434. The number of hydrogen-bond acceptors (Lipinski definition) is 6. The highest BCUT2D eigenvalue weighted by atomic mass is 16.6. The molecule has 1 aromatic rings. The Kier molecular flexibility index (Phi) is 8.42. The molecule has 0 saturated carbocycles. The molecule has 6 heteroatoms. The molecule has 0 spiro atoms. The number of methoxy groups -OCH3 is 1. The standard InChI is InChI=1S/C15H23NO5/c1-12-4-3-5-13(14(12)16)15(17)21-11-10-20-9-8-19-7-6-18-2/h3-5H,6-11,16H2,1-2H3. The minimum Gasteiger partial charge on any atom is -0.460 e. The van der Waals surface area contributed by atoms with Crippen LogP contribution < -0.4 is 5.73 Å². The number of anilines is 1. The quantitative estimate of drug-likeness (QED) is 0.399. The van der Waals surface area contributed by atoms with E-state index in [1.165, 1.54) is 0 Å². The van der Waals surface area contributed by atoms with Crippen LogP contribution in [0.5, 0.6) is 0 Å². The highest BCUT2D eigenvalue weighted by molar-refractivity contribution is 5.95. The molecule has 1 rings (SSSR count). The van der Waals surface area contributed by atoms with Gasteiger partial charge < -0.3 is 24.7 Å². The lowest BCUT2D eigenvalue weighted by Crippen LogP contribution is -2.15. The van der Waals surface area contributed by atoms with Crippen molar-refractivity contribution in [2.45, 2.75) is 6.92 Å². The van der Waals surface area contributed by atoms with Crippen molar-refractivity contribution in [2.24, 2.45) is 0 Å². The van der Waals surface area contributed by atoms with Crippen LogP contribution in [0.2, 0.25) is 0 Å². The van der Waals surface area contributed by atoms with Crippen LogP contribution in [0.1, 0.15) is 15.9 Å². The zero-order chi connectivity index (χ0) is 15.5. The maximum Gasteiger partial charge on any atom is 0.340 e. The predicted octanol–water partition coefficient (Wildman–Crippen LogP) is 1.41. The van der Waals surface area contributed by atoms with Crippen molar-refractivity contribution in [3.63, 3.8) is 0 Å². The zero-order valence-electron chi connectivity index (χ0n) is 12.6. The number of carbonyl (C=O) groups excluding carboxylic acids is 1. The van der Waals surface area contributed by atoms with Gasteiger partial charge in [-0.05, 0) is 18.6 Å². The first-order valence-electron chi connectivity index (χ1n) is 6.83. The van der Waals surface area contributed by atoms with Crippen molar-refractivity contribution in [2.75, 3.05) is 52.5 Å². The fraction of sp³-hybridized carbons (Fsp3) is 0.533. The molecular formula is C15H23NO5. The van der Waals surface area contributed by atoms with Crippen molar-refractivity contribution in [1.82, 2.24) is 0 Å². The SMILES string of the molecule is COCCOCCOCCOC(=O)c1cccc(C)c1N. The molecule has 0 radical (unpaired) electrons. The molecule has 0 heterocycles. The third-order valence-corrected chi connectivity index (χ3v) is 2.81. The second-order valence-corrected chi connectivity index (χ2v) is 4.39. The maximum atomic E-state index is 11.8. The lowest BCUT2D eigenvalue weighted by Gasteiger charge is -2.09. The van der Waals surface area contributed by atoms with Gasteiger partial charge in [0.25, 0.3) is 0 Å². The Bertz CT molecular complexity index is 436. The lowest BCUT2D eigenvalue weighted by molar-refractivity contribution is 0.00574. The molecule has 0 aromatic heterocycles. The second kappa shape index (κ2) is 10.1. The maximum absolute atomic E-state index is 11.8. The van der Waals surface area contributed by atoms with E-state index in [1.54, 1.807) is 19.2 Å². The van der Waals surface area contributed by atoms with Gasteiger partial charge in [-0.25, -0.2) is 4.79 Å². The van der Waals surface area contributed by atoms with E-state index in [2.05, 4.69) is 0 Å². The van der Waals surface area contributed by atoms with Crippen LogP contribution in [0, 0.1) is 6.92 Å². The molecule has 0 atom stereocenters. The molecule has 0 unspecified atom stereocenters. The summed E-state index contributed by atoms with van der Waals surface area (Å²) in [5, 5.41) is 0. The highest BCUT2D eigenvalue weighted by Gasteiger charge is 2.11. The summed E-state index contributed by atoms with van der Waals surface area (Å²) in [5.74, 6) is -0.434. The molecule has 21 heavy (non-hydrogen) atoms. The number of nitrogen functional groups attached to an aromatic ring is 1. The van der Waals surface area contributed by atoms with Gasteiger partial charge in [0.15, 0.2) is 0 Å². The van der Waals surface area contributed by atoms with Gasteiger partial charge in [0.2, 0.25) is 0 Å². The second-order valence-electron chi connectivity index (χ2n) is 4.39. The van der Waals surface area contributed by atoms with Crippen LogP contribution in [0.3, 0.4) is 0 Å². The van der Waals surface area contributed by atoms with E-state index in [4.69, 9.17) is 24.7 Å². The number of benzene rings is 1. The molecule has 6 nitrogen and oxygen atoms in total. The number of ether oxygens (including phenoxy) is 4. The molecule has 118 valence electrons. The fourth-order valence-electron chi connectivity index (χ4n) is 1.59. The Hall–Kier alpha value is -1.63. The van der Waals surface area contributed by atoms with Crippen LogP contribution in [-0.2, 0) is 18.9 Å². The largest absolute Gasteiger partial charge is 0.460 e. The number of hydrogen-bond donors (Lipinski definition) is 1. The monoisotopic (exact) mass is 297 g/mol. The topological polar surface area (TPSA) is 80.0 Å². The Morgan fingerprint density at radius 1 is 1.05 bits per heavy atom. The normalized spacial score (nSPS) is 10.6. The average Bonchev–Trinajstić information content (AvgIpc) is 2.48. The van der Waals surface area contributed by atoms with Gasteiger partial charge in [-0.2, -0.15) is 0 Å². The molecule has 0 aliphatic carbocycles. The molecular weight excluding hydrogens is 274 g/mol. The first-order chi connectivity index (χ1) is 10.2. The third-order valence-electron chi connectivity index (χ3n) is 2.81. The predicted molar refractivity (Wildman–Crippen MR) is 79.4 cm³/mol. The molecule has 0 saturated heterocycles. The first-order valence-corrected chi connectivity index (χ1v) is 6.83. The zero-order valence-corrected chi connectivity index (χ0v) is 12.6. The molecule has 0 fully saturated rings. The van der Waals surface area contributed by atoms with Gasteiger partial charge in [-0.1, -0.05) is 12.1 Å². The van der Waals surface area contributed by atoms with E-state index in [9.17, 15) is 4.79 Å². The summed E-state index contributed by atoms with van der Waals surface area (Å²) in [5.41, 5.74) is 7.53. The Morgan fingerprint density at radius 3 is 2.33 bits per heavy atom. The highest BCUT2D eigenvalue weighted by Crippen LogP contribution is 2.17. The van der Waals surface area contributed by atoms with Gasteiger partial charge in [0.1, 0.15) is 6.61 Å². The van der Waals surface area contributed by atoms with Crippen molar-refractivity contribution in [3.8, 4) is 0 Å². The third kappa shape index (κ3) is 6.57. The smallest absolute Gasteiger partial charge is 0.340 e. The van der Waals surface area contributed by atoms with Crippen LogP contribution >= 0.6 is 0 Å². The van der Waals surface area contributed by atoms with Crippen molar-refractivity contribution in [1.29, 1.82) is 0 Å². The molecule has 0 aliphatic rings. The van der Waals surface area contributed by atoms with Crippen LogP contribution in [-0.4, -0.2) is 52.7 Å². The summed E-state index contributed by atoms with van der Waals surface area (Å²) >= 11 is 0. The van der Waals surface area contributed by atoms with Crippen molar-refractivity contribution < 1.29 is 23.7 Å². The summed E-state index contributed by atoms with van der Waals surface area (Å²) < 4.78 is 20.4. The van der Waals surface area contributed by atoms with E-state index < -0.39 is 5.97 Å². The Morgan fingerprint density at radius 2 is 1.67 bits per heavy atom. The Balaban J connectivity index is 2.13. The lowest BCUT2D eigenvalue weighted by atomic mass is 10.1. The number of esters is 1. The fourth-order valence-corrected chi connectivity index (χ4v) is 1.59. The van der Waals surface area contributed by atoms with Crippen LogP contribution in [0.25, 0.3) is 0 Å². The van der Waals surface area contributed by atoms with Crippen molar-refractivity contribution in [3.05, 3.63) is 29.3 Å². The van der Waals surface area contributed by atoms with E-state index in [0.29, 0.717) is 44.3 Å². The summed E-state index contributed by atoms with van der Waals surface area (Å²) in [7, 11) is 1.62. The Labute approximate surface area is 125 Å². The van der Waals surface area contributed by atoms with E-state index in [1.807, 2.05) is 13.0 Å². The summed E-state index contributed by atoms with van der Waals surface area (Å²) in [4.78, 5) is 11.8.